The molecule has 0 spiro atoms. The van der Waals surface area contributed by atoms with Gasteiger partial charge >= 0.3 is 7.12 Å². The van der Waals surface area contributed by atoms with Crippen LogP contribution in [0, 0.1) is 0 Å². The third-order valence-electron chi connectivity index (χ3n) is 6.78. The Morgan fingerprint density at radius 2 is 1.63 bits per heavy atom. The topological polar surface area (TPSA) is 77.7 Å². The smallest absolute Gasteiger partial charge is 0.399 e. The third-order valence-corrected chi connectivity index (χ3v) is 6.78. The molecule has 1 amide bonds. The molecule has 0 aliphatic carbocycles. The average Bonchev–Trinajstić information content (AvgIpc) is 2.95. The van der Waals surface area contributed by atoms with Gasteiger partial charge < -0.3 is 19.9 Å². The van der Waals surface area contributed by atoms with Crippen molar-refractivity contribution in [2.75, 3.05) is 18.0 Å². The first-order chi connectivity index (χ1) is 14.2. The number of piperidine rings is 1. The minimum absolute atomic E-state index is 0.319. The Balaban J connectivity index is 1.37. The van der Waals surface area contributed by atoms with E-state index in [1.807, 2.05) is 6.07 Å². The van der Waals surface area contributed by atoms with Gasteiger partial charge in [-0.05, 0) is 69.6 Å². The minimum Gasteiger partial charge on any atom is -0.399 e. The van der Waals surface area contributed by atoms with E-state index >= 15 is 0 Å². The zero-order chi connectivity index (χ0) is 21.5. The summed E-state index contributed by atoms with van der Waals surface area (Å²) in [5.74, 6) is 0.977. The second-order valence-corrected chi connectivity index (χ2v) is 9.29. The first-order valence-electron chi connectivity index (χ1n) is 10.6. The lowest BCUT2D eigenvalue weighted by atomic mass is 9.77. The molecule has 2 saturated heterocycles. The first kappa shape index (κ1) is 20.9. The van der Waals surface area contributed by atoms with Gasteiger partial charge in [-0.3, -0.25) is 4.79 Å². The van der Waals surface area contributed by atoms with Crippen molar-refractivity contribution < 1.29 is 14.1 Å². The van der Waals surface area contributed by atoms with Crippen LogP contribution in [0.5, 0.6) is 0 Å². The minimum atomic E-state index is -0.447. The number of carbonyl (C=O) groups is 1. The number of nitrogens with two attached hydrogens (primary N) is 1. The largest absolute Gasteiger partial charge is 0.494 e. The molecule has 7 heteroatoms. The Morgan fingerprint density at radius 1 is 1.03 bits per heavy atom. The zero-order valence-electron chi connectivity index (χ0n) is 18.2. The highest BCUT2D eigenvalue weighted by Gasteiger charge is 2.51. The van der Waals surface area contributed by atoms with E-state index in [0.717, 1.165) is 37.2 Å². The maximum atomic E-state index is 11.2. The molecule has 0 bridgehead atoms. The number of primary amides is 1. The summed E-state index contributed by atoms with van der Waals surface area (Å²) in [7, 11) is -0.319. The molecular weight excluding hydrogens is 377 g/mol. The van der Waals surface area contributed by atoms with Crippen LogP contribution in [-0.2, 0) is 9.31 Å². The van der Waals surface area contributed by atoms with Gasteiger partial charge in [0.2, 0.25) is 5.91 Å². The van der Waals surface area contributed by atoms with Crippen LogP contribution in [0.25, 0.3) is 0 Å². The Bertz CT molecular complexity index is 888. The lowest BCUT2D eigenvalue weighted by Crippen LogP contribution is -2.41. The van der Waals surface area contributed by atoms with Crippen molar-refractivity contribution in [3.05, 3.63) is 53.7 Å². The molecular formula is C23H30BN3O3. The summed E-state index contributed by atoms with van der Waals surface area (Å²) < 4.78 is 12.3. The van der Waals surface area contributed by atoms with Crippen molar-refractivity contribution in [1.82, 2.24) is 4.98 Å². The zero-order valence-corrected chi connectivity index (χ0v) is 18.2. The van der Waals surface area contributed by atoms with E-state index in [1.54, 1.807) is 12.3 Å². The number of pyridine rings is 1. The number of benzene rings is 1. The number of hydrogen-bond donors (Lipinski definition) is 1. The quantitative estimate of drug-likeness (QED) is 0.789. The second kappa shape index (κ2) is 7.71. The first-order valence-corrected chi connectivity index (χ1v) is 10.6. The number of anilines is 1. The van der Waals surface area contributed by atoms with Crippen LogP contribution in [0.4, 0.5) is 5.82 Å². The number of hydrogen-bond acceptors (Lipinski definition) is 5. The van der Waals surface area contributed by atoms with Gasteiger partial charge in [0.1, 0.15) is 5.82 Å². The lowest BCUT2D eigenvalue weighted by molar-refractivity contribution is 0.00578. The second-order valence-electron chi connectivity index (χ2n) is 9.29. The summed E-state index contributed by atoms with van der Waals surface area (Å²) in [5.41, 5.74) is 7.50. The fraction of sp³-hybridized carbons (Fsp3) is 0.478. The van der Waals surface area contributed by atoms with Crippen molar-refractivity contribution >= 4 is 24.3 Å². The standard InChI is InChI=1S/C23H30BN3O3/c1-22(2)23(3,4)30-24(29-22)19-8-5-16(6-9-19)17-11-13-27(14-12-17)20-10-7-18(15-26-20)21(25)28/h5-10,15,17H,11-14H2,1-4H3,(H2,25,28). The molecule has 2 aromatic rings. The number of carbonyl (C=O) groups excluding carboxylic acids is 1. The SMILES string of the molecule is CC1(C)OB(c2ccc(C3CCN(c4ccc(C(N)=O)cn4)CC3)cc2)OC1(C)C. The van der Waals surface area contributed by atoms with Crippen molar-refractivity contribution in [3.63, 3.8) is 0 Å². The van der Waals surface area contributed by atoms with Crippen LogP contribution in [0.2, 0.25) is 0 Å². The molecule has 4 rings (SSSR count). The molecule has 2 N–H and O–H groups in total. The van der Waals surface area contributed by atoms with Crippen molar-refractivity contribution in [2.45, 2.75) is 57.7 Å². The van der Waals surface area contributed by atoms with Gasteiger partial charge in [-0.2, -0.15) is 0 Å². The highest BCUT2D eigenvalue weighted by molar-refractivity contribution is 6.62. The van der Waals surface area contributed by atoms with E-state index in [2.05, 4.69) is 61.8 Å². The van der Waals surface area contributed by atoms with E-state index in [9.17, 15) is 4.79 Å². The van der Waals surface area contributed by atoms with Gasteiger partial charge in [0.15, 0.2) is 0 Å². The third kappa shape index (κ3) is 3.96. The molecule has 3 heterocycles. The molecule has 0 unspecified atom stereocenters. The maximum Gasteiger partial charge on any atom is 0.494 e. The normalized spacial score (nSPS) is 21.1. The summed E-state index contributed by atoms with van der Waals surface area (Å²) in [5, 5.41) is 0. The highest BCUT2D eigenvalue weighted by Crippen LogP contribution is 2.36. The highest BCUT2D eigenvalue weighted by atomic mass is 16.7. The predicted molar refractivity (Wildman–Crippen MR) is 119 cm³/mol. The number of nitrogens with zero attached hydrogens (tertiary/aromatic N) is 2. The van der Waals surface area contributed by atoms with Crippen molar-refractivity contribution in [2.24, 2.45) is 5.73 Å². The van der Waals surface area contributed by atoms with E-state index in [-0.39, 0.29) is 18.3 Å². The van der Waals surface area contributed by atoms with E-state index < -0.39 is 5.91 Å². The molecule has 6 nitrogen and oxygen atoms in total. The Kier molecular flexibility index (Phi) is 5.36. The van der Waals surface area contributed by atoms with Crippen LogP contribution in [0.3, 0.4) is 0 Å². The van der Waals surface area contributed by atoms with E-state index in [1.165, 1.54) is 5.56 Å². The molecule has 158 valence electrons. The molecule has 2 aliphatic heterocycles. The monoisotopic (exact) mass is 407 g/mol. The molecule has 2 aliphatic rings. The Morgan fingerprint density at radius 3 is 2.13 bits per heavy atom. The molecule has 2 fully saturated rings. The van der Waals surface area contributed by atoms with Gasteiger partial charge in [-0.25, -0.2) is 4.98 Å². The fourth-order valence-electron chi connectivity index (χ4n) is 4.07. The van der Waals surface area contributed by atoms with Gasteiger partial charge in [-0.15, -0.1) is 0 Å². The maximum absolute atomic E-state index is 11.2. The molecule has 0 atom stereocenters. The fourth-order valence-corrected chi connectivity index (χ4v) is 4.07. The van der Waals surface area contributed by atoms with Crippen molar-refractivity contribution in [3.8, 4) is 0 Å². The summed E-state index contributed by atoms with van der Waals surface area (Å²) >= 11 is 0. The van der Waals surface area contributed by atoms with Gasteiger partial charge in [0.25, 0.3) is 0 Å². The predicted octanol–water partition coefficient (Wildman–Crippen LogP) is 2.86. The molecule has 0 saturated carbocycles. The van der Waals surface area contributed by atoms with Gasteiger partial charge in [0, 0.05) is 19.3 Å². The van der Waals surface area contributed by atoms with Crippen LogP contribution in [0.15, 0.2) is 42.6 Å². The van der Waals surface area contributed by atoms with Crippen molar-refractivity contribution in [1.29, 1.82) is 0 Å². The summed E-state index contributed by atoms with van der Waals surface area (Å²) in [6.45, 7) is 10.2. The molecule has 0 radical (unpaired) electrons. The van der Waals surface area contributed by atoms with E-state index in [4.69, 9.17) is 15.0 Å². The number of rotatable bonds is 4. The molecule has 1 aromatic heterocycles. The van der Waals surface area contributed by atoms with Gasteiger partial charge in [0.05, 0.1) is 16.8 Å². The summed E-state index contributed by atoms with van der Waals surface area (Å²) in [6.07, 6.45) is 3.68. The number of amides is 1. The Hall–Kier alpha value is -2.38. The van der Waals surface area contributed by atoms with Gasteiger partial charge in [-0.1, -0.05) is 24.3 Å². The molecule has 30 heavy (non-hydrogen) atoms. The van der Waals surface area contributed by atoms with Crippen LogP contribution in [0.1, 0.15) is 62.4 Å². The molecule has 1 aromatic carbocycles. The Labute approximate surface area is 178 Å². The average molecular weight is 407 g/mol. The van der Waals surface area contributed by atoms with Crippen LogP contribution < -0.4 is 16.1 Å². The van der Waals surface area contributed by atoms with E-state index in [0.29, 0.717) is 11.5 Å². The van der Waals surface area contributed by atoms with Crippen LogP contribution >= 0.6 is 0 Å². The van der Waals surface area contributed by atoms with Crippen LogP contribution in [-0.4, -0.2) is 42.3 Å². The summed E-state index contributed by atoms with van der Waals surface area (Å²) in [4.78, 5) is 17.9. The summed E-state index contributed by atoms with van der Waals surface area (Å²) in [6, 6.07) is 12.3. The number of aromatic nitrogens is 1. The lowest BCUT2D eigenvalue weighted by Gasteiger charge is -2.33.